The zero-order chi connectivity index (χ0) is 20.8. The van der Waals surface area contributed by atoms with Crippen molar-refractivity contribution >= 4 is 5.91 Å². The number of amides is 1. The molecule has 1 aliphatic heterocycles. The number of carbonyl (C=O) groups is 1. The Kier molecular flexibility index (Phi) is 4.43. The predicted octanol–water partition coefficient (Wildman–Crippen LogP) is 4.68. The van der Waals surface area contributed by atoms with Gasteiger partial charge in [-0.3, -0.25) is 4.79 Å². The second kappa shape index (κ2) is 7.14. The van der Waals surface area contributed by atoms with Gasteiger partial charge in [0.05, 0.1) is 23.0 Å². The van der Waals surface area contributed by atoms with E-state index >= 15 is 0 Å². The Morgan fingerprint density at radius 1 is 1.10 bits per heavy atom. The average Bonchev–Trinajstić information content (AvgIpc) is 3.49. The Bertz CT molecular complexity index is 1160. The molecule has 5 heteroatoms. The third-order valence-corrected chi connectivity index (χ3v) is 6.25. The molecule has 2 fully saturated rings. The average molecular weight is 396 g/mol. The second-order valence-electron chi connectivity index (χ2n) is 8.53. The lowest BCUT2D eigenvalue weighted by Gasteiger charge is -2.39. The predicted molar refractivity (Wildman–Crippen MR) is 115 cm³/mol. The number of nitrogens with zero attached hydrogens (tertiary/aromatic N) is 3. The molecule has 2 heterocycles. The van der Waals surface area contributed by atoms with E-state index in [1.54, 1.807) is 0 Å². The van der Waals surface area contributed by atoms with Crippen molar-refractivity contribution in [3.05, 3.63) is 76.2 Å². The zero-order valence-corrected chi connectivity index (χ0v) is 17.3. The van der Waals surface area contributed by atoms with E-state index in [-0.39, 0.29) is 5.91 Å². The Hall–Kier alpha value is -3.39. The van der Waals surface area contributed by atoms with E-state index in [0.29, 0.717) is 30.5 Å². The smallest absolute Gasteiger partial charge is 0.253 e. The van der Waals surface area contributed by atoms with Crippen LogP contribution in [0.5, 0.6) is 0 Å². The maximum atomic E-state index is 13.1. The van der Waals surface area contributed by atoms with Crippen molar-refractivity contribution in [1.29, 1.82) is 5.26 Å². The van der Waals surface area contributed by atoms with Crippen LogP contribution in [0, 0.1) is 25.2 Å². The number of hydrogen-bond acceptors (Lipinski definition) is 3. The van der Waals surface area contributed by atoms with Crippen LogP contribution >= 0.6 is 0 Å². The van der Waals surface area contributed by atoms with Gasteiger partial charge in [-0.2, -0.15) is 5.26 Å². The first-order valence-corrected chi connectivity index (χ1v) is 10.5. The summed E-state index contributed by atoms with van der Waals surface area (Å²) < 4.78 is 0. The molecule has 1 aliphatic carbocycles. The highest BCUT2D eigenvalue weighted by Crippen LogP contribution is 2.44. The number of nitriles is 1. The van der Waals surface area contributed by atoms with E-state index in [1.807, 2.05) is 54.3 Å². The second-order valence-corrected chi connectivity index (χ2v) is 8.53. The van der Waals surface area contributed by atoms with Gasteiger partial charge in [0.25, 0.3) is 5.91 Å². The molecule has 2 aromatic carbocycles. The van der Waals surface area contributed by atoms with Crippen molar-refractivity contribution in [2.75, 3.05) is 13.1 Å². The monoisotopic (exact) mass is 396 g/mol. The molecule has 3 aromatic rings. The lowest BCUT2D eigenvalue weighted by Crippen LogP contribution is -2.48. The standard InChI is InChI=1S/C25H24N4O/c1-15-3-6-20(11-22(15)24-23(19-9-10-19)27-16(2)28-24)25(30)29-13-21(14-29)18-7-4-17(12-26)5-8-18/h3-8,11,19,21H,9-10,13-14H2,1-2H3,(H,27,28). The SMILES string of the molecule is Cc1nc(C2CC2)c(-c2cc(C(=O)N3CC(c4ccc(C#N)cc4)C3)ccc2C)[nH]1. The zero-order valence-electron chi connectivity index (χ0n) is 17.3. The van der Waals surface area contributed by atoms with E-state index in [4.69, 9.17) is 10.2 Å². The topological polar surface area (TPSA) is 72.8 Å². The third kappa shape index (κ3) is 3.29. The van der Waals surface area contributed by atoms with E-state index < -0.39 is 0 Å². The van der Waals surface area contributed by atoms with Gasteiger partial charge >= 0.3 is 0 Å². The van der Waals surface area contributed by atoms with E-state index in [2.05, 4.69) is 18.0 Å². The van der Waals surface area contributed by atoms with Crippen molar-refractivity contribution in [2.24, 2.45) is 0 Å². The summed E-state index contributed by atoms with van der Waals surface area (Å²) in [7, 11) is 0. The van der Waals surface area contributed by atoms with Crippen molar-refractivity contribution in [1.82, 2.24) is 14.9 Å². The van der Waals surface area contributed by atoms with Gasteiger partial charge in [0.1, 0.15) is 5.82 Å². The number of aromatic amines is 1. The largest absolute Gasteiger partial charge is 0.342 e. The molecular weight excluding hydrogens is 372 g/mol. The number of hydrogen-bond donors (Lipinski definition) is 1. The molecular formula is C25H24N4O. The van der Waals surface area contributed by atoms with Crippen LogP contribution in [0.15, 0.2) is 42.5 Å². The number of nitrogens with one attached hydrogen (secondary N) is 1. The molecule has 0 unspecified atom stereocenters. The lowest BCUT2D eigenvalue weighted by atomic mass is 9.90. The third-order valence-electron chi connectivity index (χ3n) is 6.25. The van der Waals surface area contributed by atoms with Crippen LogP contribution in [0.3, 0.4) is 0 Å². The summed E-state index contributed by atoms with van der Waals surface area (Å²) in [5.74, 6) is 1.89. The first-order valence-electron chi connectivity index (χ1n) is 10.5. The first kappa shape index (κ1) is 18.6. The van der Waals surface area contributed by atoms with E-state index in [0.717, 1.165) is 33.9 Å². The normalized spacial score (nSPS) is 16.2. The van der Waals surface area contributed by atoms with Gasteiger partial charge < -0.3 is 9.88 Å². The molecule has 1 amide bonds. The van der Waals surface area contributed by atoms with E-state index in [9.17, 15) is 4.79 Å². The van der Waals surface area contributed by atoms with Crippen LogP contribution in [0.2, 0.25) is 0 Å². The summed E-state index contributed by atoms with van der Waals surface area (Å²) in [4.78, 5) is 23.1. The number of carbonyl (C=O) groups excluding carboxylic acids is 1. The highest BCUT2D eigenvalue weighted by molar-refractivity contribution is 5.96. The van der Waals surface area contributed by atoms with Crippen molar-refractivity contribution in [3.63, 3.8) is 0 Å². The maximum absolute atomic E-state index is 13.1. The molecule has 1 saturated carbocycles. The number of H-pyrrole nitrogens is 1. The van der Waals surface area contributed by atoms with Crippen LogP contribution < -0.4 is 0 Å². The number of aromatic nitrogens is 2. The summed E-state index contributed by atoms with van der Waals surface area (Å²) in [6.45, 7) is 5.50. The van der Waals surface area contributed by atoms with Gasteiger partial charge in [-0.1, -0.05) is 18.2 Å². The number of likely N-dealkylation sites (tertiary alicyclic amines) is 1. The molecule has 30 heavy (non-hydrogen) atoms. The van der Waals surface area contributed by atoms with Crippen molar-refractivity contribution < 1.29 is 4.79 Å². The van der Waals surface area contributed by atoms with Crippen LogP contribution in [0.1, 0.15) is 63.2 Å². The molecule has 0 radical (unpaired) electrons. The number of imidazole rings is 1. The van der Waals surface area contributed by atoms with Crippen molar-refractivity contribution in [3.8, 4) is 17.3 Å². The summed E-state index contributed by atoms with van der Waals surface area (Å²) in [6, 6.07) is 15.8. The maximum Gasteiger partial charge on any atom is 0.253 e. The van der Waals surface area contributed by atoms with Gasteiger partial charge in [0.2, 0.25) is 0 Å². The molecule has 0 spiro atoms. The summed E-state index contributed by atoms with van der Waals surface area (Å²) >= 11 is 0. The summed E-state index contributed by atoms with van der Waals surface area (Å²) in [5, 5.41) is 8.95. The lowest BCUT2D eigenvalue weighted by molar-refractivity contribution is 0.0602. The Labute approximate surface area is 176 Å². The van der Waals surface area contributed by atoms with Gasteiger partial charge in [0, 0.05) is 36.1 Å². The van der Waals surface area contributed by atoms with Gasteiger partial charge in [0.15, 0.2) is 0 Å². The minimum Gasteiger partial charge on any atom is -0.342 e. The molecule has 5 nitrogen and oxygen atoms in total. The highest BCUT2D eigenvalue weighted by Gasteiger charge is 2.33. The molecule has 5 rings (SSSR count). The van der Waals surface area contributed by atoms with E-state index in [1.165, 1.54) is 18.4 Å². The molecule has 1 aromatic heterocycles. The number of aryl methyl sites for hydroxylation is 2. The quantitative estimate of drug-likeness (QED) is 0.696. The highest BCUT2D eigenvalue weighted by atomic mass is 16.2. The molecule has 150 valence electrons. The Morgan fingerprint density at radius 2 is 1.83 bits per heavy atom. The summed E-state index contributed by atoms with van der Waals surface area (Å²) in [5.41, 5.74) is 7.01. The van der Waals surface area contributed by atoms with Crippen LogP contribution in [0.4, 0.5) is 0 Å². The molecule has 0 bridgehead atoms. The number of rotatable bonds is 4. The fourth-order valence-electron chi connectivity index (χ4n) is 4.26. The summed E-state index contributed by atoms with van der Waals surface area (Å²) in [6.07, 6.45) is 2.39. The van der Waals surface area contributed by atoms with Gasteiger partial charge in [-0.15, -0.1) is 0 Å². The Balaban J connectivity index is 1.35. The minimum absolute atomic E-state index is 0.0744. The van der Waals surface area contributed by atoms with Crippen LogP contribution in [-0.2, 0) is 0 Å². The molecule has 2 aliphatic rings. The minimum atomic E-state index is 0.0744. The van der Waals surface area contributed by atoms with Gasteiger partial charge in [-0.05, 0) is 62.1 Å². The fourth-order valence-corrected chi connectivity index (χ4v) is 4.26. The molecule has 0 atom stereocenters. The Morgan fingerprint density at radius 3 is 2.50 bits per heavy atom. The van der Waals surface area contributed by atoms with Crippen molar-refractivity contribution in [2.45, 2.75) is 38.5 Å². The number of benzene rings is 2. The first-order chi connectivity index (χ1) is 14.5. The van der Waals surface area contributed by atoms with Gasteiger partial charge in [-0.25, -0.2) is 4.98 Å². The fraction of sp³-hybridized carbons (Fsp3) is 0.320. The van der Waals surface area contributed by atoms with Crippen LogP contribution in [-0.4, -0.2) is 33.9 Å². The van der Waals surface area contributed by atoms with Crippen LogP contribution in [0.25, 0.3) is 11.3 Å². The molecule has 1 N–H and O–H groups in total. The molecule has 1 saturated heterocycles.